The smallest absolute Gasteiger partial charge is 0.345 e. The number of aromatic amines is 1. The summed E-state index contributed by atoms with van der Waals surface area (Å²) in [6.45, 7) is 3.77. The predicted molar refractivity (Wildman–Crippen MR) is 92.1 cm³/mol. The lowest BCUT2D eigenvalue weighted by molar-refractivity contribution is -0.121. The first kappa shape index (κ1) is 17.0. The van der Waals surface area contributed by atoms with Crippen molar-refractivity contribution < 1.29 is 9.32 Å². The number of aryl methyl sites for hydroxylation is 2. The number of hydrogen-bond acceptors (Lipinski definition) is 7. The molecule has 25 heavy (non-hydrogen) atoms. The molecule has 130 valence electrons. The second-order valence-electron chi connectivity index (χ2n) is 5.50. The van der Waals surface area contributed by atoms with Gasteiger partial charge in [0.05, 0.1) is 11.4 Å². The van der Waals surface area contributed by atoms with E-state index in [4.69, 9.17) is 4.52 Å². The van der Waals surface area contributed by atoms with Crippen LogP contribution < -0.4 is 11.0 Å². The van der Waals surface area contributed by atoms with Gasteiger partial charge in [0, 0.05) is 17.8 Å². The van der Waals surface area contributed by atoms with Gasteiger partial charge >= 0.3 is 5.69 Å². The standard InChI is InChI=1S/C16H17N5O3S/c1-9-11(10(2)19-16(23)18-9)5-6-14(22)17-8-13-20-15(24-21-13)12-4-3-7-25-12/h3-4,7H,5-6,8H2,1-2H3,(H,17,22)(H,18,19,23). The summed E-state index contributed by atoms with van der Waals surface area (Å²) in [5.41, 5.74) is 1.90. The van der Waals surface area contributed by atoms with Crippen LogP contribution in [0.2, 0.25) is 0 Å². The molecular formula is C16H17N5O3S. The topological polar surface area (TPSA) is 114 Å². The van der Waals surface area contributed by atoms with E-state index in [1.807, 2.05) is 17.5 Å². The molecule has 0 aliphatic carbocycles. The first-order chi connectivity index (χ1) is 12.0. The third-order valence-corrected chi connectivity index (χ3v) is 4.56. The van der Waals surface area contributed by atoms with Crippen LogP contribution in [0, 0.1) is 13.8 Å². The third kappa shape index (κ3) is 4.18. The van der Waals surface area contributed by atoms with Crippen LogP contribution >= 0.6 is 11.3 Å². The zero-order chi connectivity index (χ0) is 17.8. The van der Waals surface area contributed by atoms with E-state index in [-0.39, 0.29) is 24.6 Å². The van der Waals surface area contributed by atoms with E-state index in [0.717, 1.165) is 16.1 Å². The van der Waals surface area contributed by atoms with Gasteiger partial charge in [-0.2, -0.15) is 9.97 Å². The molecule has 0 saturated carbocycles. The van der Waals surface area contributed by atoms with E-state index >= 15 is 0 Å². The molecule has 0 unspecified atom stereocenters. The van der Waals surface area contributed by atoms with Gasteiger partial charge < -0.3 is 14.8 Å². The van der Waals surface area contributed by atoms with Crippen LogP contribution in [-0.4, -0.2) is 26.0 Å². The lowest BCUT2D eigenvalue weighted by atomic mass is 10.1. The summed E-state index contributed by atoms with van der Waals surface area (Å²) < 4.78 is 5.17. The Bertz CT molecular complexity index is 903. The third-order valence-electron chi connectivity index (χ3n) is 3.70. The van der Waals surface area contributed by atoms with E-state index in [1.165, 1.54) is 11.3 Å². The molecule has 0 spiro atoms. The fraction of sp³-hybridized carbons (Fsp3) is 0.312. The molecule has 0 fully saturated rings. The SMILES string of the molecule is Cc1nc(=O)[nH]c(C)c1CCC(=O)NCc1noc(-c2cccs2)n1. The van der Waals surface area contributed by atoms with Gasteiger partial charge in [0.25, 0.3) is 5.89 Å². The first-order valence-corrected chi connectivity index (χ1v) is 8.60. The van der Waals surface area contributed by atoms with Gasteiger partial charge in [0.15, 0.2) is 5.82 Å². The van der Waals surface area contributed by atoms with Crippen molar-refractivity contribution in [1.82, 2.24) is 25.4 Å². The summed E-state index contributed by atoms with van der Waals surface area (Å²) in [6.07, 6.45) is 0.783. The largest absolute Gasteiger partial charge is 0.349 e. The average molecular weight is 359 g/mol. The minimum atomic E-state index is -0.373. The number of nitrogens with one attached hydrogen (secondary N) is 2. The molecule has 3 heterocycles. The molecule has 8 nitrogen and oxygen atoms in total. The molecule has 3 aromatic heterocycles. The van der Waals surface area contributed by atoms with Crippen LogP contribution in [-0.2, 0) is 17.8 Å². The summed E-state index contributed by atoms with van der Waals surface area (Å²) in [5, 5.41) is 8.55. The number of thiophene rings is 1. The maximum Gasteiger partial charge on any atom is 0.345 e. The highest BCUT2D eigenvalue weighted by Gasteiger charge is 2.12. The molecule has 3 rings (SSSR count). The Labute approximate surface area is 147 Å². The molecule has 0 bridgehead atoms. The van der Waals surface area contributed by atoms with Crippen LogP contribution in [0.15, 0.2) is 26.8 Å². The Morgan fingerprint density at radius 1 is 1.36 bits per heavy atom. The van der Waals surface area contributed by atoms with Gasteiger partial charge in [0.2, 0.25) is 5.91 Å². The molecule has 0 aliphatic heterocycles. The maximum atomic E-state index is 12.0. The zero-order valence-electron chi connectivity index (χ0n) is 13.8. The lowest BCUT2D eigenvalue weighted by Gasteiger charge is -2.08. The van der Waals surface area contributed by atoms with Crippen molar-refractivity contribution in [2.45, 2.75) is 33.2 Å². The highest BCUT2D eigenvalue weighted by molar-refractivity contribution is 7.13. The quantitative estimate of drug-likeness (QED) is 0.693. The molecule has 3 aromatic rings. The highest BCUT2D eigenvalue weighted by atomic mass is 32.1. The van der Waals surface area contributed by atoms with Crippen molar-refractivity contribution in [2.75, 3.05) is 0 Å². The molecule has 9 heteroatoms. The van der Waals surface area contributed by atoms with Gasteiger partial charge in [0.1, 0.15) is 0 Å². The van der Waals surface area contributed by atoms with Gasteiger partial charge in [-0.1, -0.05) is 11.2 Å². The molecule has 0 aromatic carbocycles. The summed E-state index contributed by atoms with van der Waals surface area (Å²) in [5.74, 6) is 0.743. The Kier molecular flexibility index (Phi) is 5.03. The van der Waals surface area contributed by atoms with Crippen molar-refractivity contribution in [3.05, 3.63) is 50.8 Å². The molecule has 0 atom stereocenters. The van der Waals surface area contributed by atoms with Crippen molar-refractivity contribution >= 4 is 17.2 Å². The van der Waals surface area contributed by atoms with E-state index in [1.54, 1.807) is 13.8 Å². The van der Waals surface area contributed by atoms with Crippen molar-refractivity contribution in [3.8, 4) is 10.8 Å². The van der Waals surface area contributed by atoms with Crippen LogP contribution in [0.3, 0.4) is 0 Å². The van der Waals surface area contributed by atoms with Crippen LogP contribution in [0.5, 0.6) is 0 Å². The Morgan fingerprint density at radius 3 is 2.92 bits per heavy atom. The van der Waals surface area contributed by atoms with Crippen molar-refractivity contribution in [3.63, 3.8) is 0 Å². The second-order valence-corrected chi connectivity index (χ2v) is 6.45. The molecule has 1 amide bonds. The number of aromatic nitrogens is 4. The second kappa shape index (κ2) is 7.39. The number of carbonyl (C=O) groups is 1. The van der Waals surface area contributed by atoms with Crippen LogP contribution in [0.25, 0.3) is 10.8 Å². The Balaban J connectivity index is 1.53. The number of amides is 1. The number of nitrogens with zero attached hydrogens (tertiary/aromatic N) is 3. The average Bonchev–Trinajstić information content (AvgIpc) is 3.23. The summed E-state index contributed by atoms with van der Waals surface area (Å²) in [4.78, 5) is 35.0. The van der Waals surface area contributed by atoms with E-state index in [2.05, 4.69) is 25.4 Å². The number of H-pyrrole nitrogens is 1. The number of rotatable bonds is 6. The summed E-state index contributed by atoms with van der Waals surface area (Å²) >= 11 is 1.51. The maximum absolute atomic E-state index is 12.0. The Hall–Kier alpha value is -2.81. The van der Waals surface area contributed by atoms with E-state index in [0.29, 0.717) is 23.8 Å². The fourth-order valence-corrected chi connectivity index (χ4v) is 3.10. The summed E-state index contributed by atoms with van der Waals surface area (Å²) in [6, 6.07) is 3.80. The van der Waals surface area contributed by atoms with E-state index in [9.17, 15) is 9.59 Å². The Morgan fingerprint density at radius 2 is 2.20 bits per heavy atom. The molecule has 2 N–H and O–H groups in total. The molecule has 0 radical (unpaired) electrons. The lowest BCUT2D eigenvalue weighted by Crippen LogP contribution is -2.24. The first-order valence-electron chi connectivity index (χ1n) is 7.72. The minimum absolute atomic E-state index is 0.132. The molecular weight excluding hydrogens is 342 g/mol. The van der Waals surface area contributed by atoms with Gasteiger partial charge in [-0.3, -0.25) is 4.79 Å². The summed E-state index contributed by atoms with van der Waals surface area (Å²) in [7, 11) is 0. The van der Waals surface area contributed by atoms with E-state index < -0.39 is 0 Å². The fourth-order valence-electron chi connectivity index (χ4n) is 2.45. The molecule has 0 saturated heterocycles. The van der Waals surface area contributed by atoms with Crippen molar-refractivity contribution in [1.29, 1.82) is 0 Å². The number of hydrogen-bond donors (Lipinski definition) is 2. The minimum Gasteiger partial charge on any atom is -0.349 e. The van der Waals surface area contributed by atoms with Gasteiger partial charge in [-0.15, -0.1) is 11.3 Å². The van der Waals surface area contributed by atoms with Gasteiger partial charge in [-0.05, 0) is 37.3 Å². The normalized spacial score (nSPS) is 10.8. The zero-order valence-corrected chi connectivity index (χ0v) is 14.6. The monoisotopic (exact) mass is 359 g/mol. The van der Waals surface area contributed by atoms with Crippen LogP contribution in [0.1, 0.15) is 29.2 Å². The molecule has 0 aliphatic rings. The van der Waals surface area contributed by atoms with Crippen LogP contribution in [0.4, 0.5) is 0 Å². The highest BCUT2D eigenvalue weighted by Crippen LogP contribution is 2.22. The van der Waals surface area contributed by atoms with Crippen molar-refractivity contribution in [2.24, 2.45) is 0 Å². The van der Waals surface area contributed by atoms with Gasteiger partial charge in [-0.25, -0.2) is 4.79 Å². The predicted octanol–water partition coefficient (Wildman–Crippen LogP) is 1.75. The number of carbonyl (C=O) groups excluding carboxylic acids is 1.